The molecule has 0 aliphatic heterocycles. The Balaban J connectivity index is 1.62. The van der Waals surface area contributed by atoms with Crippen molar-refractivity contribution in [1.82, 2.24) is 4.57 Å². The molecule has 0 saturated heterocycles. The van der Waals surface area contributed by atoms with Crippen molar-refractivity contribution in [3.05, 3.63) is 127 Å². The van der Waals surface area contributed by atoms with Gasteiger partial charge in [0.25, 0.3) is 0 Å². The lowest BCUT2D eigenvalue weighted by molar-refractivity contribution is 1.20. The van der Waals surface area contributed by atoms with E-state index in [-0.39, 0.29) is 0 Å². The Labute approximate surface area is 222 Å². The summed E-state index contributed by atoms with van der Waals surface area (Å²) in [7, 11) is 0. The van der Waals surface area contributed by atoms with Crippen LogP contribution in [0.25, 0.3) is 80.0 Å². The minimum absolute atomic E-state index is 1.20. The van der Waals surface area contributed by atoms with Crippen LogP contribution >= 0.6 is 11.3 Å². The number of rotatable bonds is 1. The van der Waals surface area contributed by atoms with E-state index in [4.69, 9.17) is 0 Å². The van der Waals surface area contributed by atoms with Gasteiger partial charge in [-0.3, -0.25) is 0 Å². The van der Waals surface area contributed by atoms with Gasteiger partial charge in [0.1, 0.15) is 0 Å². The topological polar surface area (TPSA) is 4.93 Å². The van der Waals surface area contributed by atoms with Crippen molar-refractivity contribution in [1.29, 1.82) is 0 Å². The monoisotopic (exact) mass is 499 g/mol. The maximum atomic E-state index is 2.55. The Bertz CT molecular complexity index is 2400. The minimum atomic E-state index is 1.20. The Morgan fingerprint density at radius 2 is 1.05 bits per heavy atom. The highest BCUT2D eigenvalue weighted by molar-refractivity contribution is 7.26. The second kappa shape index (κ2) is 7.44. The number of aromatic nitrogens is 1. The third-order valence-electron chi connectivity index (χ3n) is 8.13. The van der Waals surface area contributed by atoms with Gasteiger partial charge in [-0.2, -0.15) is 0 Å². The number of fused-ring (bicyclic) bond motifs is 13. The Morgan fingerprint density at radius 1 is 0.421 bits per heavy atom. The first-order valence-corrected chi connectivity index (χ1v) is 13.9. The summed E-state index contributed by atoms with van der Waals surface area (Å²) in [6, 6.07) is 46.9. The molecule has 176 valence electrons. The molecule has 0 bridgehead atoms. The largest absolute Gasteiger partial charge is 0.307 e. The number of benzene rings is 7. The fourth-order valence-electron chi connectivity index (χ4n) is 6.51. The van der Waals surface area contributed by atoms with Gasteiger partial charge in [0.15, 0.2) is 0 Å². The SMILES string of the molecule is c1ccc2cc(-n3c4c(ccc5c6ccccc6sc54)c4c5ccccc5c5ccccc5c43)ccc2c1. The fourth-order valence-corrected chi connectivity index (χ4v) is 7.75. The first-order valence-electron chi connectivity index (χ1n) is 13.0. The second-order valence-electron chi connectivity index (χ2n) is 10.1. The lowest BCUT2D eigenvalue weighted by atomic mass is 9.96. The van der Waals surface area contributed by atoms with Crippen molar-refractivity contribution in [2.45, 2.75) is 0 Å². The molecule has 0 spiro atoms. The maximum Gasteiger partial charge on any atom is 0.0720 e. The van der Waals surface area contributed by atoms with Crippen LogP contribution in [-0.2, 0) is 0 Å². The molecule has 0 aliphatic carbocycles. The van der Waals surface area contributed by atoms with Gasteiger partial charge in [-0.15, -0.1) is 11.3 Å². The second-order valence-corrected chi connectivity index (χ2v) is 11.2. The van der Waals surface area contributed by atoms with E-state index in [1.54, 1.807) is 0 Å². The van der Waals surface area contributed by atoms with Crippen LogP contribution in [0.4, 0.5) is 0 Å². The van der Waals surface area contributed by atoms with Gasteiger partial charge < -0.3 is 4.57 Å². The lowest BCUT2D eigenvalue weighted by Crippen LogP contribution is -1.95. The molecule has 0 atom stereocenters. The van der Waals surface area contributed by atoms with Crippen molar-refractivity contribution in [2.24, 2.45) is 0 Å². The van der Waals surface area contributed by atoms with Crippen LogP contribution in [0.1, 0.15) is 0 Å². The molecule has 2 heterocycles. The Kier molecular flexibility index (Phi) is 3.99. The molecule has 0 aliphatic rings. The lowest BCUT2D eigenvalue weighted by Gasteiger charge is -2.13. The molecular formula is C36H21NS. The van der Waals surface area contributed by atoms with Crippen molar-refractivity contribution in [2.75, 3.05) is 0 Å². The van der Waals surface area contributed by atoms with E-state index in [2.05, 4.69) is 132 Å². The van der Waals surface area contributed by atoms with E-state index >= 15 is 0 Å². The molecule has 0 unspecified atom stereocenters. The van der Waals surface area contributed by atoms with Gasteiger partial charge in [-0.05, 0) is 45.1 Å². The zero-order chi connectivity index (χ0) is 24.8. The first-order chi connectivity index (χ1) is 18.9. The van der Waals surface area contributed by atoms with E-state index in [1.165, 1.54) is 80.0 Å². The molecule has 0 amide bonds. The molecule has 38 heavy (non-hydrogen) atoms. The summed E-state index contributed by atoms with van der Waals surface area (Å²) in [6.45, 7) is 0. The molecular weight excluding hydrogens is 478 g/mol. The standard InChI is InChI=1S/C36H21NS/c1-2-10-23-21-24(18-17-22(23)9-1)37-34-29-15-6-4-12-26(29)25-11-3-5-14-28(25)33(34)31-20-19-30-27-13-7-8-16-32(27)38-36(30)35(31)37/h1-21H. The van der Waals surface area contributed by atoms with Gasteiger partial charge >= 0.3 is 0 Å². The van der Waals surface area contributed by atoms with Crippen LogP contribution in [0.3, 0.4) is 0 Å². The zero-order valence-corrected chi connectivity index (χ0v) is 21.3. The van der Waals surface area contributed by atoms with Crippen LogP contribution < -0.4 is 0 Å². The minimum Gasteiger partial charge on any atom is -0.307 e. The van der Waals surface area contributed by atoms with E-state index in [9.17, 15) is 0 Å². The smallest absolute Gasteiger partial charge is 0.0720 e. The van der Waals surface area contributed by atoms with E-state index < -0.39 is 0 Å². The highest BCUT2D eigenvalue weighted by atomic mass is 32.1. The summed E-state index contributed by atoms with van der Waals surface area (Å²) in [6.07, 6.45) is 0. The summed E-state index contributed by atoms with van der Waals surface area (Å²) in [4.78, 5) is 0. The molecule has 0 fully saturated rings. The third kappa shape index (κ3) is 2.60. The van der Waals surface area contributed by atoms with Crippen LogP contribution in [0.5, 0.6) is 0 Å². The predicted molar refractivity (Wildman–Crippen MR) is 166 cm³/mol. The van der Waals surface area contributed by atoms with Crippen LogP contribution in [0.2, 0.25) is 0 Å². The first kappa shape index (κ1) is 20.4. The summed E-state index contributed by atoms with van der Waals surface area (Å²) < 4.78 is 5.23. The molecule has 0 saturated carbocycles. The third-order valence-corrected chi connectivity index (χ3v) is 9.33. The van der Waals surface area contributed by atoms with Gasteiger partial charge in [0.2, 0.25) is 0 Å². The Morgan fingerprint density at radius 3 is 1.89 bits per heavy atom. The summed E-state index contributed by atoms with van der Waals surface area (Å²) in [5.74, 6) is 0. The zero-order valence-electron chi connectivity index (χ0n) is 20.5. The van der Waals surface area contributed by atoms with Crippen LogP contribution in [0, 0.1) is 0 Å². The van der Waals surface area contributed by atoms with Gasteiger partial charge in [0.05, 0.1) is 15.7 Å². The summed E-state index contributed by atoms with van der Waals surface area (Å²) in [5.41, 5.74) is 3.79. The van der Waals surface area contributed by atoms with E-state index in [0.717, 1.165) is 0 Å². The molecule has 2 aromatic heterocycles. The van der Waals surface area contributed by atoms with Crippen molar-refractivity contribution in [3.63, 3.8) is 0 Å². The maximum absolute atomic E-state index is 2.55. The highest BCUT2D eigenvalue weighted by Crippen LogP contribution is 2.47. The van der Waals surface area contributed by atoms with Gasteiger partial charge in [-0.25, -0.2) is 0 Å². The number of thiophene rings is 1. The summed E-state index contributed by atoms with van der Waals surface area (Å²) in [5, 5.41) is 13.0. The van der Waals surface area contributed by atoms with Crippen molar-refractivity contribution in [3.8, 4) is 5.69 Å². The number of hydrogen-bond donors (Lipinski definition) is 0. The predicted octanol–water partition coefficient (Wildman–Crippen LogP) is 10.6. The summed E-state index contributed by atoms with van der Waals surface area (Å²) >= 11 is 1.91. The molecule has 1 nitrogen and oxygen atoms in total. The van der Waals surface area contributed by atoms with Crippen LogP contribution in [0.15, 0.2) is 127 Å². The van der Waals surface area contributed by atoms with Crippen molar-refractivity contribution >= 4 is 85.6 Å². The highest BCUT2D eigenvalue weighted by Gasteiger charge is 2.22. The van der Waals surface area contributed by atoms with E-state index in [0.29, 0.717) is 0 Å². The molecule has 7 aromatic carbocycles. The molecule has 0 N–H and O–H groups in total. The Hall–Kier alpha value is -4.66. The van der Waals surface area contributed by atoms with E-state index in [1.807, 2.05) is 11.3 Å². The quantitative estimate of drug-likeness (QED) is 0.198. The number of hydrogen-bond acceptors (Lipinski definition) is 1. The fraction of sp³-hybridized carbons (Fsp3) is 0. The number of nitrogens with zero attached hydrogens (tertiary/aromatic N) is 1. The molecule has 9 aromatic rings. The average Bonchev–Trinajstić information content (AvgIpc) is 3.54. The van der Waals surface area contributed by atoms with Crippen LogP contribution in [-0.4, -0.2) is 4.57 Å². The van der Waals surface area contributed by atoms with Crippen molar-refractivity contribution < 1.29 is 0 Å². The van der Waals surface area contributed by atoms with Gasteiger partial charge in [-0.1, -0.05) is 109 Å². The molecule has 2 heteroatoms. The molecule has 0 radical (unpaired) electrons. The average molecular weight is 500 g/mol. The molecule has 9 rings (SSSR count). The normalized spacial score (nSPS) is 12.2. The van der Waals surface area contributed by atoms with Gasteiger partial charge in [0, 0.05) is 37.3 Å².